The molecule has 1 heterocycles. The van der Waals surface area contributed by atoms with Crippen molar-refractivity contribution >= 4 is 5.69 Å². The van der Waals surface area contributed by atoms with E-state index < -0.39 is 0 Å². The van der Waals surface area contributed by atoms with Gasteiger partial charge in [0.1, 0.15) is 11.9 Å². The second kappa shape index (κ2) is 5.02. The summed E-state index contributed by atoms with van der Waals surface area (Å²) in [7, 11) is 0. The molecule has 0 radical (unpaired) electrons. The van der Waals surface area contributed by atoms with Gasteiger partial charge in [-0.2, -0.15) is 0 Å². The number of benzene rings is 1. The van der Waals surface area contributed by atoms with Gasteiger partial charge in [-0.05, 0) is 25.0 Å². The van der Waals surface area contributed by atoms with Gasteiger partial charge in [-0.25, -0.2) is 0 Å². The Balaban J connectivity index is 1.63. The molecule has 3 nitrogen and oxygen atoms in total. The van der Waals surface area contributed by atoms with Crippen molar-refractivity contribution in [3.8, 4) is 5.75 Å². The van der Waals surface area contributed by atoms with Crippen molar-refractivity contribution in [2.24, 2.45) is 0 Å². The zero-order valence-corrected chi connectivity index (χ0v) is 10.6. The molecule has 1 aromatic rings. The fourth-order valence-corrected chi connectivity index (χ4v) is 2.50. The first-order valence-electron chi connectivity index (χ1n) is 6.71. The molecule has 1 N–H and O–H groups in total. The smallest absolute Gasteiger partial charge is 0.142 e. The summed E-state index contributed by atoms with van der Waals surface area (Å²) in [6.07, 6.45) is 4.87. The Morgan fingerprint density at radius 3 is 3.00 bits per heavy atom. The summed E-state index contributed by atoms with van der Waals surface area (Å²) in [5.41, 5.74) is 1.11. The third-order valence-corrected chi connectivity index (χ3v) is 3.57. The number of ether oxygens (including phenoxy) is 1. The minimum absolute atomic E-state index is 0.237. The predicted octanol–water partition coefficient (Wildman–Crippen LogP) is 2.51. The Hall–Kier alpha value is -1.48. The van der Waals surface area contributed by atoms with Crippen LogP contribution in [-0.4, -0.2) is 36.7 Å². The lowest BCUT2D eigenvalue weighted by Gasteiger charge is -2.31. The van der Waals surface area contributed by atoms with Gasteiger partial charge in [0.05, 0.1) is 12.2 Å². The molecule has 0 spiro atoms. The van der Waals surface area contributed by atoms with Crippen molar-refractivity contribution in [3.63, 3.8) is 0 Å². The topological polar surface area (TPSA) is 24.5 Å². The summed E-state index contributed by atoms with van der Waals surface area (Å²) in [5, 5.41) is 3.44. The van der Waals surface area contributed by atoms with Crippen LogP contribution < -0.4 is 10.1 Å². The number of hydrogen-bond donors (Lipinski definition) is 1. The molecule has 3 rings (SSSR count). The summed E-state index contributed by atoms with van der Waals surface area (Å²) in [5.74, 6) is 0.975. The molecular formula is C15H20N2O. The van der Waals surface area contributed by atoms with Gasteiger partial charge in [0.2, 0.25) is 0 Å². The second-order valence-electron chi connectivity index (χ2n) is 5.09. The van der Waals surface area contributed by atoms with Crippen molar-refractivity contribution in [1.29, 1.82) is 0 Å². The van der Waals surface area contributed by atoms with E-state index in [4.69, 9.17) is 4.74 Å². The van der Waals surface area contributed by atoms with Crippen LogP contribution in [0, 0.1) is 0 Å². The van der Waals surface area contributed by atoms with Gasteiger partial charge in [0.15, 0.2) is 0 Å². The first kappa shape index (κ1) is 11.6. The number of nitrogens with zero attached hydrogens (tertiary/aromatic N) is 1. The maximum Gasteiger partial charge on any atom is 0.142 e. The van der Waals surface area contributed by atoms with Crippen molar-refractivity contribution < 1.29 is 4.74 Å². The van der Waals surface area contributed by atoms with Crippen molar-refractivity contribution in [3.05, 3.63) is 36.9 Å². The van der Waals surface area contributed by atoms with E-state index in [1.165, 1.54) is 12.8 Å². The third-order valence-electron chi connectivity index (χ3n) is 3.57. The van der Waals surface area contributed by atoms with Crippen LogP contribution in [0.5, 0.6) is 5.75 Å². The van der Waals surface area contributed by atoms with E-state index in [0.29, 0.717) is 0 Å². The molecule has 1 fully saturated rings. The van der Waals surface area contributed by atoms with E-state index in [0.717, 1.165) is 37.1 Å². The lowest BCUT2D eigenvalue weighted by Crippen LogP contribution is -2.42. The number of hydrogen-bond acceptors (Lipinski definition) is 3. The monoisotopic (exact) mass is 244 g/mol. The predicted molar refractivity (Wildman–Crippen MR) is 74.1 cm³/mol. The molecule has 1 aliphatic heterocycles. The Labute approximate surface area is 108 Å². The molecule has 1 aromatic carbocycles. The molecule has 0 aromatic heterocycles. The molecule has 0 saturated heterocycles. The Bertz CT molecular complexity index is 428. The summed E-state index contributed by atoms with van der Waals surface area (Å²) >= 11 is 0. The lowest BCUT2D eigenvalue weighted by molar-refractivity contribution is 0.139. The molecule has 1 atom stereocenters. The maximum atomic E-state index is 6.05. The Kier molecular flexibility index (Phi) is 3.24. The van der Waals surface area contributed by atoms with Crippen molar-refractivity contribution in [1.82, 2.24) is 4.90 Å². The fourth-order valence-electron chi connectivity index (χ4n) is 2.50. The van der Waals surface area contributed by atoms with E-state index in [1.54, 1.807) is 0 Å². The van der Waals surface area contributed by atoms with Crippen LogP contribution in [0.1, 0.15) is 12.8 Å². The number of rotatable bonds is 5. The van der Waals surface area contributed by atoms with Crippen LogP contribution in [0.4, 0.5) is 5.69 Å². The summed E-state index contributed by atoms with van der Waals surface area (Å²) in [6, 6.07) is 8.90. The first-order valence-corrected chi connectivity index (χ1v) is 6.71. The maximum absolute atomic E-state index is 6.05. The van der Waals surface area contributed by atoms with E-state index in [-0.39, 0.29) is 6.10 Å². The second-order valence-corrected chi connectivity index (χ2v) is 5.09. The van der Waals surface area contributed by atoms with E-state index in [1.807, 2.05) is 24.3 Å². The highest BCUT2D eigenvalue weighted by Gasteiger charge is 2.31. The van der Waals surface area contributed by atoms with Crippen LogP contribution in [0.25, 0.3) is 0 Å². The number of nitrogens with one attached hydrogen (secondary N) is 1. The van der Waals surface area contributed by atoms with E-state index in [9.17, 15) is 0 Å². The molecule has 1 aliphatic carbocycles. The van der Waals surface area contributed by atoms with Gasteiger partial charge < -0.3 is 10.1 Å². The molecule has 0 bridgehead atoms. The Morgan fingerprint density at radius 1 is 1.39 bits per heavy atom. The third kappa shape index (κ3) is 2.51. The molecular weight excluding hydrogens is 224 g/mol. The largest absolute Gasteiger partial charge is 0.485 e. The van der Waals surface area contributed by atoms with Crippen LogP contribution in [-0.2, 0) is 0 Å². The fraction of sp³-hybridized carbons (Fsp3) is 0.467. The zero-order chi connectivity index (χ0) is 12.4. The van der Waals surface area contributed by atoms with Gasteiger partial charge in [-0.1, -0.05) is 18.2 Å². The number of para-hydroxylation sites is 2. The molecule has 18 heavy (non-hydrogen) atoms. The van der Waals surface area contributed by atoms with Crippen molar-refractivity contribution in [2.75, 3.05) is 25.0 Å². The summed E-state index contributed by atoms with van der Waals surface area (Å²) in [6.45, 7) is 6.68. The average Bonchev–Trinajstić information content (AvgIpc) is 3.22. The van der Waals surface area contributed by atoms with Crippen LogP contribution in [0.15, 0.2) is 36.9 Å². The standard InChI is InChI=1S/C15H20N2O/c1-2-9-17(12-7-8-12)11-13-10-16-14-5-3-4-6-15(14)18-13/h2-6,12-13,16H,1,7-11H2. The Morgan fingerprint density at radius 2 is 2.22 bits per heavy atom. The highest BCUT2D eigenvalue weighted by Crippen LogP contribution is 2.30. The average molecular weight is 244 g/mol. The lowest BCUT2D eigenvalue weighted by atomic mass is 10.2. The molecule has 1 unspecified atom stereocenters. The molecule has 0 amide bonds. The van der Waals surface area contributed by atoms with Crippen molar-refractivity contribution in [2.45, 2.75) is 25.0 Å². The number of anilines is 1. The number of fused-ring (bicyclic) bond motifs is 1. The van der Waals surface area contributed by atoms with Gasteiger partial charge in [0, 0.05) is 19.1 Å². The molecule has 1 saturated carbocycles. The quantitative estimate of drug-likeness (QED) is 0.805. The highest BCUT2D eigenvalue weighted by molar-refractivity contribution is 5.57. The van der Waals surface area contributed by atoms with E-state index in [2.05, 4.69) is 22.9 Å². The van der Waals surface area contributed by atoms with Gasteiger partial charge >= 0.3 is 0 Å². The van der Waals surface area contributed by atoms with Crippen LogP contribution >= 0.6 is 0 Å². The minimum atomic E-state index is 0.237. The molecule has 3 heteroatoms. The molecule has 96 valence electrons. The summed E-state index contributed by atoms with van der Waals surface area (Å²) in [4.78, 5) is 2.48. The highest BCUT2D eigenvalue weighted by atomic mass is 16.5. The van der Waals surface area contributed by atoms with Crippen LogP contribution in [0.2, 0.25) is 0 Å². The molecule has 2 aliphatic rings. The van der Waals surface area contributed by atoms with Gasteiger partial charge in [0.25, 0.3) is 0 Å². The first-order chi connectivity index (χ1) is 8.86. The summed E-state index contributed by atoms with van der Waals surface area (Å²) < 4.78 is 6.05. The minimum Gasteiger partial charge on any atom is -0.485 e. The van der Waals surface area contributed by atoms with Gasteiger partial charge in [-0.15, -0.1) is 6.58 Å². The van der Waals surface area contributed by atoms with E-state index >= 15 is 0 Å². The SMILES string of the molecule is C=CCN(CC1CNc2ccccc2O1)C1CC1. The normalized spacial score (nSPS) is 21.9. The zero-order valence-electron chi connectivity index (χ0n) is 10.6. The van der Waals surface area contributed by atoms with Gasteiger partial charge in [-0.3, -0.25) is 4.90 Å². The van der Waals surface area contributed by atoms with Crippen LogP contribution in [0.3, 0.4) is 0 Å².